The third-order valence-electron chi connectivity index (χ3n) is 3.36. The summed E-state index contributed by atoms with van der Waals surface area (Å²) in [6.07, 6.45) is 0. The van der Waals surface area contributed by atoms with Gasteiger partial charge in [-0.05, 0) is 105 Å². The largest absolute Gasteiger partial charge is 0.446 e. The fraction of sp³-hybridized carbons (Fsp3) is 0.250. The number of alkyl halides is 10. The summed E-state index contributed by atoms with van der Waals surface area (Å²) in [4.78, 5) is -1.57. The van der Waals surface area contributed by atoms with Gasteiger partial charge in [0.1, 0.15) is 16.4 Å². The summed E-state index contributed by atoms with van der Waals surface area (Å²) >= 11 is 59.1. The summed E-state index contributed by atoms with van der Waals surface area (Å²) in [6, 6.07) is 12.4. The Bertz CT molecular complexity index is 729. The second-order valence-corrected chi connectivity index (χ2v) is 12.5. The maximum Gasteiger partial charge on any atom is 0.338 e. The van der Waals surface area contributed by atoms with E-state index in [0.29, 0.717) is 11.1 Å². The lowest BCUT2D eigenvalue weighted by atomic mass is 9.91. The van der Waals surface area contributed by atoms with Crippen molar-refractivity contribution in [3.63, 3.8) is 0 Å². The van der Waals surface area contributed by atoms with Crippen LogP contribution in [-0.2, 0) is 4.87 Å². The lowest BCUT2D eigenvalue weighted by Crippen LogP contribution is -2.35. The molecule has 0 atom stereocenters. The molecule has 0 saturated heterocycles. The average Bonchev–Trinajstić information content (AvgIpc) is 2.51. The Balaban J connectivity index is 2.42. The van der Waals surface area contributed by atoms with Gasteiger partial charge in [-0.15, -0.1) is 11.6 Å². The molecule has 0 heterocycles. The zero-order chi connectivity index (χ0) is 21.4. The molecule has 28 heavy (non-hydrogen) atoms. The zero-order valence-electron chi connectivity index (χ0n) is 13.2. The summed E-state index contributed by atoms with van der Waals surface area (Å²) in [7, 11) is 0. The first-order valence-corrected chi connectivity index (χ1v) is 10.9. The molecule has 2 aromatic carbocycles. The second kappa shape index (κ2) is 9.20. The van der Waals surface area contributed by atoms with Gasteiger partial charge < -0.3 is 9.47 Å². The van der Waals surface area contributed by atoms with Crippen molar-refractivity contribution in [2.24, 2.45) is 0 Å². The average molecular weight is 587 g/mol. The molecule has 0 aliphatic heterocycles. The van der Waals surface area contributed by atoms with Crippen LogP contribution in [0.3, 0.4) is 0 Å². The Morgan fingerprint density at radius 1 is 0.464 bits per heavy atom. The molecule has 0 amide bonds. The number of rotatable bonds is 4. The molecule has 0 aliphatic carbocycles. The van der Waals surface area contributed by atoms with E-state index in [2.05, 4.69) is 0 Å². The molecule has 12 heteroatoms. The minimum Gasteiger partial charge on any atom is -0.446 e. The van der Waals surface area contributed by atoms with Gasteiger partial charge in [0, 0.05) is 0 Å². The van der Waals surface area contributed by atoms with Crippen molar-refractivity contribution >= 4 is 116 Å². The molecule has 0 fully saturated rings. The fourth-order valence-electron chi connectivity index (χ4n) is 2.27. The van der Waals surface area contributed by atoms with Gasteiger partial charge in [0.15, 0.2) is 0 Å². The highest BCUT2D eigenvalue weighted by Crippen LogP contribution is 2.54. The van der Waals surface area contributed by atoms with Gasteiger partial charge in [-0.25, -0.2) is 0 Å². The van der Waals surface area contributed by atoms with Crippen molar-refractivity contribution in [2.45, 2.75) is 16.6 Å². The van der Waals surface area contributed by atoms with Gasteiger partial charge in [0.05, 0.1) is 0 Å². The Hall–Kier alpha value is 0.940. The van der Waals surface area contributed by atoms with Crippen LogP contribution < -0.4 is 9.47 Å². The molecule has 0 aliphatic rings. The second-order valence-electron chi connectivity index (χ2n) is 5.30. The Morgan fingerprint density at radius 2 is 0.750 bits per heavy atom. The van der Waals surface area contributed by atoms with Crippen LogP contribution in [0.1, 0.15) is 11.1 Å². The first-order valence-electron chi connectivity index (χ1n) is 7.10. The van der Waals surface area contributed by atoms with Crippen molar-refractivity contribution in [1.29, 1.82) is 0 Å². The molecule has 0 bridgehead atoms. The molecule has 0 saturated carbocycles. The lowest BCUT2D eigenvalue weighted by Gasteiger charge is -2.35. The Labute approximate surface area is 211 Å². The monoisotopic (exact) mass is 582 g/mol. The van der Waals surface area contributed by atoms with Crippen LogP contribution in [0.2, 0.25) is 0 Å². The van der Waals surface area contributed by atoms with E-state index in [9.17, 15) is 0 Å². The fourth-order valence-corrected chi connectivity index (χ4v) is 3.71. The van der Waals surface area contributed by atoms with E-state index in [1.165, 1.54) is 24.3 Å². The van der Waals surface area contributed by atoms with Crippen molar-refractivity contribution in [1.82, 2.24) is 0 Å². The number of ether oxygens (including phenoxy) is 2. The van der Waals surface area contributed by atoms with E-state index >= 15 is 0 Å². The van der Waals surface area contributed by atoms with E-state index in [4.69, 9.17) is 125 Å². The van der Waals surface area contributed by atoms with Crippen molar-refractivity contribution < 1.29 is 9.47 Å². The molecule has 2 nitrogen and oxygen atoms in total. The van der Waals surface area contributed by atoms with Crippen LogP contribution in [0.5, 0.6) is 11.5 Å². The SMILES string of the molecule is ClC(Cl)(Cl)Oc1ccc(C(Cl)(c2ccc(OC(Cl)(Cl)Cl)cc2)C(Cl)(Cl)Cl)cc1. The standard InChI is InChI=1S/C16H8Cl10O2/c17-13(14(18,19)20,9-1-5-11(6-2-9)27-15(21,22)23)10-3-7-12(8-4-10)28-16(24,25)26/h1-8H. The van der Waals surface area contributed by atoms with E-state index in [1.54, 1.807) is 24.3 Å². The molecule has 0 spiro atoms. The van der Waals surface area contributed by atoms with Crippen LogP contribution >= 0.6 is 116 Å². The van der Waals surface area contributed by atoms with Crippen LogP contribution in [0.4, 0.5) is 0 Å². The first-order chi connectivity index (χ1) is 12.6. The minimum atomic E-state index is -1.94. The van der Waals surface area contributed by atoms with Gasteiger partial charge in [0.2, 0.25) is 3.79 Å². The van der Waals surface area contributed by atoms with Crippen molar-refractivity contribution in [3.8, 4) is 11.5 Å². The predicted molar refractivity (Wildman–Crippen MR) is 122 cm³/mol. The van der Waals surface area contributed by atoms with Gasteiger partial charge in [-0.2, -0.15) is 0 Å². The van der Waals surface area contributed by atoms with E-state index in [-0.39, 0.29) is 11.5 Å². The minimum absolute atomic E-state index is 0.276. The molecule has 0 N–H and O–H groups in total. The van der Waals surface area contributed by atoms with E-state index < -0.39 is 16.6 Å². The third-order valence-corrected chi connectivity index (χ3v) is 5.69. The summed E-state index contributed by atoms with van der Waals surface area (Å²) in [5.41, 5.74) is 0.891. The molecular formula is C16H8Cl10O2. The molecule has 0 aromatic heterocycles. The zero-order valence-corrected chi connectivity index (χ0v) is 20.8. The van der Waals surface area contributed by atoms with Crippen LogP contribution in [0.15, 0.2) is 48.5 Å². The maximum absolute atomic E-state index is 6.80. The van der Waals surface area contributed by atoms with Gasteiger partial charge in [-0.1, -0.05) is 59.1 Å². The summed E-state index contributed by atoms with van der Waals surface area (Å²) in [5.74, 6) is 0.553. The summed E-state index contributed by atoms with van der Waals surface area (Å²) in [6.45, 7) is 0. The van der Waals surface area contributed by atoms with Crippen molar-refractivity contribution in [3.05, 3.63) is 59.7 Å². The molecule has 0 unspecified atom stereocenters. The molecule has 0 radical (unpaired) electrons. The normalized spacial score (nSPS) is 13.4. The van der Waals surface area contributed by atoms with E-state index in [1.807, 2.05) is 0 Å². The van der Waals surface area contributed by atoms with Crippen LogP contribution in [0, 0.1) is 0 Å². The molecule has 2 rings (SSSR count). The van der Waals surface area contributed by atoms with E-state index in [0.717, 1.165) is 0 Å². The van der Waals surface area contributed by atoms with Crippen LogP contribution in [-0.4, -0.2) is 11.7 Å². The highest BCUT2D eigenvalue weighted by Gasteiger charge is 2.50. The van der Waals surface area contributed by atoms with Gasteiger partial charge in [0.25, 0.3) is 0 Å². The predicted octanol–water partition coefficient (Wildman–Crippen LogP) is 8.95. The highest BCUT2D eigenvalue weighted by molar-refractivity contribution is 6.71. The Morgan fingerprint density at radius 3 is 0.964 bits per heavy atom. The topological polar surface area (TPSA) is 18.5 Å². The third kappa shape index (κ3) is 6.72. The summed E-state index contributed by atoms with van der Waals surface area (Å²) in [5, 5.41) is 0. The first kappa shape index (κ1) is 25.2. The molecule has 154 valence electrons. The van der Waals surface area contributed by atoms with Crippen molar-refractivity contribution in [2.75, 3.05) is 0 Å². The molecular weight excluding hydrogens is 579 g/mol. The van der Waals surface area contributed by atoms with Crippen LogP contribution in [0.25, 0.3) is 0 Å². The number of halogens is 10. The number of hydrogen-bond donors (Lipinski definition) is 0. The lowest BCUT2D eigenvalue weighted by molar-refractivity contribution is 0.320. The number of benzene rings is 2. The number of hydrogen-bond acceptors (Lipinski definition) is 2. The van der Waals surface area contributed by atoms with Gasteiger partial charge in [-0.3, -0.25) is 0 Å². The summed E-state index contributed by atoms with van der Waals surface area (Å²) < 4.78 is 4.46. The highest BCUT2D eigenvalue weighted by atomic mass is 35.6. The van der Waals surface area contributed by atoms with Gasteiger partial charge >= 0.3 is 7.96 Å². The Kier molecular flexibility index (Phi) is 8.28. The molecule has 2 aromatic rings. The maximum atomic E-state index is 6.80. The smallest absolute Gasteiger partial charge is 0.338 e. The quantitative estimate of drug-likeness (QED) is 0.333.